The zero-order valence-corrected chi connectivity index (χ0v) is 14.7. The molecular formula is C18H14Cl2FNO3. The van der Waals surface area contributed by atoms with Crippen molar-refractivity contribution in [2.24, 2.45) is 0 Å². The van der Waals surface area contributed by atoms with E-state index in [1.807, 2.05) is 0 Å². The van der Waals surface area contributed by atoms with Gasteiger partial charge in [-0.05, 0) is 42.8 Å². The lowest BCUT2D eigenvalue weighted by Crippen LogP contribution is -2.12. The molecule has 2 aromatic rings. The smallest absolute Gasteiger partial charge is 0.330 e. The summed E-state index contributed by atoms with van der Waals surface area (Å²) < 4.78 is 18.3. The topological polar surface area (TPSA) is 55.4 Å². The van der Waals surface area contributed by atoms with Gasteiger partial charge in [-0.25, -0.2) is 9.18 Å². The molecule has 2 aromatic carbocycles. The molecule has 0 bridgehead atoms. The molecule has 2 rings (SSSR count). The minimum Gasteiger partial charge on any atom is -0.463 e. The maximum absolute atomic E-state index is 13.5. The van der Waals surface area contributed by atoms with Crippen molar-refractivity contribution in [3.63, 3.8) is 0 Å². The monoisotopic (exact) mass is 381 g/mol. The number of esters is 1. The van der Waals surface area contributed by atoms with Crippen LogP contribution < -0.4 is 5.32 Å². The first-order valence-corrected chi connectivity index (χ1v) is 8.07. The Bertz CT molecular complexity index is 820. The van der Waals surface area contributed by atoms with Gasteiger partial charge in [-0.3, -0.25) is 4.79 Å². The molecule has 0 heterocycles. The minimum atomic E-state index is -0.726. The van der Waals surface area contributed by atoms with Gasteiger partial charge in [0.1, 0.15) is 5.82 Å². The fourth-order valence-corrected chi connectivity index (χ4v) is 2.40. The largest absolute Gasteiger partial charge is 0.463 e. The maximum atomic E-state index is 13.5. The Morgan fingerprint density at radius 3 is 2.48 bits per heavy atom. The van der Waals surface area contributed by atoms with E-state index in [0.717, 1.165) is 11.6 Å². The summed E-state index contributed by atoms with van der Waals surface area (Å²) in [6.07, 6.45) is 2.91. The first kappa shape index (κ1) is 19.0. The Labute approximate surface area is 154 Å². The van der Waals surface area contributed by atoms with Gasteiger partial charge >= 0.3 is 5.97 Å². The van der Waals surface area contributed by atoms with E-state index in [9.17, 15) is 14.0 Å². The lowest BCUT2D eigenvalue weighted by Gasteiger charge is -2.08. The van der Waals surface area contributed by atoms with Crippen molar-refractivity contribution in [2.75, 3.05) is 11.9 Å². The van der Waals surface area contributed by atoms with Crippen LogP contribution >= 0.6 is 23.2 Å². The molecule has 0 aliphatic rings. The SMILES string of the molecule is CCOC(=O)/C=C/c1ccc(NC(=O)c2cc(F)c(Cl)cc2Cl)cc1. The van der Waals surface area contributed by atoms with Gasteiger partial charge in [-0.15, -0.1) is 0 Å². The van der Waals surface area contributed by atoms with Crippen LogP contribution in [0.2, 0.25) is 10.0 Å². The molecule has 0 fully saturated rings. The van der Waals surface area contributed by atoms with E-state index in [1.54, 1.807) is 37.3 Å². The molecule has 1 amide bonds. The molecule has 0 aliphatic carbocycles. The summed E-state index contributed by atoms with van der Waals surface area (Å²) in [5, 5.41) is 2.51. The van der Waals surface area contributed by atoms with E-state index in [0.29, 0.717) is 12.3 Å². The van der Waals surface area contributed by atoms with Crippen molar-refractivity contribution in [3.8, 4) is 0 Å². The Balaban J connectivity index is 2.07. The molecule has 7 heteroatoms. The van der Waals surface area contributed by atoms with Gasteiger partial charge in [0.15, 0.2) is 0 Å². The molecule has 0 aromatic heterocycles. The van der Waals surface area contributed by atoms with E-state index in [-0.39, 0.29) is 15.6 Å². The number of ether oxygens (including phenoxy) is 1. The Kier molecular flexibility index (Phi) is 6.56. The first-order chi connectivity index (χ1) is 11.9. The molecular weight excluding hydrogens is 368 g/mol. The zero-order chi connectivity index (χ0) is 18.4. The highest BCUT2D eigenvalue weighted by molar-refractivity contribution is 6.37. The van der Waals surface area contributed by atoms with Gasteiger partial charge in [0.05, 0.1) is 22.2 Å². The second-order valence-corrected chi connectivity index (χ2v) is 5.72. The minimum absolute atomic E-state index is 0.0187. The van der Waals surface area contributed by atoms with Crippen molar-refractivity contribution in [2.45, 2.75) is 6.92 Å². The fraction of sp³-hybridized carbons (Fsp3) is 0.111. The number of carbonyl (C=O) groups is 2. The van der Waals surface area contributed by atoms with E-state index >= 15 is 0 Å². The summed E-state index contributed by atoms with van der Waals surface area (Å²) in [5.74, 6) is -1.72. The molecule has 130 valence electrons. The van der Waals surface area contributed by atoms with Crippen LogP contribution in [0.5, 0.6) is 0 Å². The van der Waals surface area contributed by atoms with E-state index in [4.69, 9.17) is 27.9 Å². The Hall–Kier alpha value is -2.37. The normalized spacial score (nSPS) is 10.7. The summed E-state index contributed by atoms with van der Waals surface area (Å²) in [6, 6.07) is 8.85. The van der Waals surface area contributed by atoms with Gasteiger partial charge in [-0.2, -0.15) is 0 Å². The molecule has 1 N–H and O–H groups in total. The van der Waals surface area contributed by atoms with Gasteiger partial charge < -0.3 is 10.1 Å². The van der Waals surface area contributed by atoms with Crippen molar-refractivity contribution in [3.05, 3.63) is 69.5 Å². The van der Waals surface area contributed by atoms with Crippen molar-refractivity contribution >= 4 is 46.8 Å². The van der Waals surface area contributed by atoms with Crippen LogP contribution in [0.3, 0.4) is 0 Å². The highest BCUT2D eigenvalue weighted by atomic mass is 35.5. The van der Waals surface area contributed by atoms with E-state index in [1.165, 1.54) is 12.1 Å². The van der Waals surface area contributed by atoms with Crippen LogP contribution in [0.4, 0.5) is 10.1 Å². The molecule has 25 heavy (non-hydrogen) atoms. The predicted molar refractivity (Wildman–Crippen MR) is 96.5 cm³/mol. The van der Waals surface area contributed by atoms with Crippen LogP contribution in [0, 0.1) is 5.82 Å². The molecule has 0 aliphatic heterocycles. The summed E-state index contributed by atoms with van der Waals surface area (Å²) in [6.45, 7) is 2.03. The summed E-state index contributed by atoms with van der Waals surface area (Å²) in [4.78, 5) is 23.4. The number of hydrogen-bond acceptors (Lipinski definition) is 3. The first-order valence-electron chi connectivity index (χ1n) is 7.31. The predicted octanol–water partition coefficient (Wildman–Crippen LogP) is 4.96. The molecule has 0 unspecified atom stereocenters. The number of halogens is 3. The number of anilines is 1. The Morgan fingerprint density at radius 2 is 1.84 bits per heavy atom. The molecule has 0 saturated carbocycles. The fourth-order valence-electron chi connectivity index (χ4n) is 1.93. The van der Waals surface area contributed by atoms with Crippen molar-refractivity contribution < 1.29 is 18.7 Å². The standard InChI is InChI=1S/C18H14Cl2FNO3/c1-2-25-17(23)8-5-11-3-6-12(7-4-11)22-18(24)13-9-16(21)15(20)10-14(13)19/h3-10H,2H2,1H3,(H,22,24)/b8-5+. The molecule has 0 saturated heterocycles. The van der Waals surface area contributed by atoms with Crippen LogP contribution in [-0.2, 0) is 9.53 Å². The zero-order valence-electron chi connectivity index (χ0n) is 13.2. The Morgan fingerprint density at radius 1 is 1.16 bits per heavy atom. The summed E-state index contributed by atoms with van der Waals surface area (Å²) in [5.41, 5.74) is 1.22. The average Bonchev–Trinajstić information content (AvgIpc) is 2.57. The van der Waals surface area contributed by atoms with Crippen molar-refractivity contribution in [1.29, 1.82) is 0 Å². The number of hydrogen-bond donors (Lipinski definition) is 1. The molecule has 0 spiro atoms. The quantitative estimate of drug-likeness (QED) is 0.452. The maximum Gasteiger partial charge on any atom is 0.330 e. The highest BCUT2D eigenvalue weighted by Gasteiger charge is 2.14. The summed E-state index contributed by atoms with van der Waals surface area (Å²) >= 11 is 11.5. The molecule has 0 radical (unpaired) electrons. The number of carbonyl (C=O) groups excluding carboxylic acids is 2. The lowest BCUT2D eigenvalue weighted by atomic mass is 10.1. The third-order valence-electron chi connectivity index (χ3n) is 3.12. The van der Waals surface area contributed by atoms with Gasteiger partial charge in [-0.1, -0.05) is 35.3 Å². The van der Waals surface area contributed by atoms with Crippen LogP contribution in [-0.4, -0.2) is 18.5 Å². The van der Waals surface area contributed by atoms with Crippen LogP contribution in [0.25, 0.3) is 6.08 Å². The second-order valence-electron chi connectivity index (χ2n) is 4.91. The second kappa shape index (κ2) is 8.65. The number of benzene rings is 2. The van der Waals surface area contributed by atoms with Gasteiger partial charge in [0, 0.05) is 11.8 Å². The lowest BCUT2D eigenvalue weighted by molar-refractivity contribution is -0.137. The van der Waals surface area contributed by atoms with Gasteiger partial charge in [0.2, 0.25) is 0 Å². The molecule has 0 atom stereocenters. The van der Waals surface area contributed by atoms with Crippen molar-refractivity contribution in [1.82, 2.24) is 0 Å². The number of rotatable bonds is 5. The summed E-state index contributed by atoms with van der Waals surface area (Å²) in [7, 11) is 0. The number of nitrogens with one attached hydrogen (secondary N) is 1. The number of amides is 1. The third-order valence-corrected chi connectivity index (χ3v) is 3.72. The molecule has 4 nitrogen and oxygen atoms in total. The highest BCUT2D eigenvalue weighted by Crippen LogP contribution is 2.25. The van der Waals surface area contributed by atoms with Crippen LogP contribution in [0.15, 0.2) is 42.5 Å². The third kappa shape index (κ3) is 5.31. The average molecular weight is 382 g/mol. The van der Waals surface area contributed by atoms with Crippen LogP contribution in [0.1, 0.15) is 22.8 Å². The van der Waals surface area contributed by atoms with E-state index < -0.39 is 17.7 Å². The van der Waals surface area contributed by atoms with E-state index in [2.05, 4.69) is 5.32 Å². The van der Waals surface area contributed by atoms with Gasteiger partial charge in [0.25, 0.3) is 5.91 Å².